The number of thioether (sulfide) groups is 1. The summed E-state index contributed by atoms with van der Waals surface area (Å²) < 4.78 is 5.65. The van der Waals surface area contributed by atoms with Crippen LogP contribution < -0.4 is 0 Å². The molecule has 3 nitrogen and oxygen atoms in total. The van der Waals surface area contributed by atoms with E-state index in [0.29, 0.717) is 0 Å². The van der Waals surface area contributed by atoms with Crippen molar-refractivity contribution in [3.8, 4) is 0 Å². The molecule has 2 aromatic carbocycles. The lowest BCUT2D eigenvalue weighted by Crippen LogP contribution is -2.45. The Balaban J connectivity index is 2.09. The maximum Gasteiger partial charge on any atom is 0.189 e. The molecule has 0 saturated heterocycles. The fourth-order valence-electron chi connectivity index (χ4n) is 2.55. The zero-order valence-electron chi connectivity index (χ0n) is 12.1. The first-order valence-electron chi connectivity index (χ1n) is 6.96. The summed E-state index contributed by atoms with van der Waals surface area (Å²) in [7, 11) is 1.52. The Morgan fingerprint density at radius 1 is 1.05 bits per heavy atom. The molecule has 0 bridgehead atoms. The third-order valence-electron chi connectivity index (χ3n) is 3.70. The van der Waals surface area contributed by atoms with E-state index < -0.39 is 11.0 Å². The van der Waals surface area contributed by atoms with Crippen LogP contribution in [0.3, 0.4) is 0 Å². The van der Waals surface area contributed by atoms with Gasteiger partial charge in [0.25, 0.3) is 0 Å². The molecule has 2 atom stereocenters. The number of methoxy groups -OCH3 is 1. The van der Waals surface area contributed by atoms with Crippen molar-refractivity contribution in [3.05, 3.63) is 77.9 Å². The van der Waals surface area contributed by atoms with Gasteiger partial charge in [-0.3, -0.25) is 4.79 Å². The van der Waals surface area contributed by atoms with E-state index in [1.807, 2.05) is 60.7 Å². The van der Waals surface area contributed by atoms with Crippen LogP contribution in [0.2, 0.25) is 0 Å². The maximum atomic E-state index is 12.3. The van der Waals surface area contributed by atoms with Gasteiger partial charge < -0.3 is 9.84 Å². The number of aliphatic hydroxyl groups excluding tert-OH is 1. The highest BCUT2D eigenvalue weighted by atomic mass is 32.2. The molecular formula is C18H16O3S. The number of rotatable bonds is 3. The number of ether oxygens (including phenoxy) is 1. The second-order valence-corrected chi connectivity index (χ2v) is 6.27. The standard InChI is InChI=1S/C18H16O3S/c1-21-18(14-10-6-3-7-11-14)17(20)15(19)12-16(22-18)13-8-4-2-5-9-13/h2-12,17,20H,1H3. The second kappa shape index (κ2) is 6.08. The number of benzene rings is 2. The molecule has 1 heterocycles. The third kappa shape index (κ3) is 2.50. The van der Waals surface area contributed by atoms with Crippen molar-refractivity contribution >= 4 is 22.5 Å². The van der Waals surface area contributed by atoms with Crippen LogP contribution in [-0.2, 0) is 14.5 Å². The van der Waals surface area contributed by atoms with Gasteiger partial charge in [0.2, 0.25) is 0 Å². The summed E-state index contributed by atoms with van der Waals surface area (Å²) >= 11 is 1.37. The molecule has 0 aliphatic carbocycles. The van der Waals surface area contributed by atoms with Gasteiger partial charge in [-0.25, -0.2) is 0 Å². The fraction of sp³-hybridized carbons (Fsp3) is 0.167. The lowest BCUT2D eigenvalue weighted by molar-refractivity contribution is -0.133. The number of hydrogen-bond acceptors (Lipinski definition) is 4. The lowest BCUT2D eigenvalue weighted by Gasteiger charge is -2.38. The molecule has 0 saturated carbocycles. The molecule has 0 fully saturated rings. The SMILES string of the molecule is COC1(c2ccccc2)SC(c2ccccc2)=CC(=O)C1O. The number of hydrogen-bond donors (Lipinski definition) is 1. The molecule has 1 aliphatic rings. The lowest BCUT2D eigenvalue weighted by atomic mass is 9.99. The number of carbonyl (C=O) groups excluding carboxylic acids is 1. The van der Waals surface area contributed by atoms with E-state index in [-0.39, 0.29) is 5.78 Å². The largest absolute Gasteiger partial charge is 0.381 e. The van der Waals surface area contributed by atoms with Crippen molar-refractivity contribution in [2.24, 2.45) is 0 Å². The molecular weight excluding hydrogens is 296 g/mol. The molecule has 22 heavy (non-hydrogen) atoms. The fourth-order valence-corrected chi connectivity index (χ4v) is 3.87. The number of carbonyl (C=O) groups is 1. The smallest absolute Gasteiger partial charge is 0.189 e. The highest BCUT2D eigenvalue weighted by Crippen LogP contribution is 2.50. The van der Waals surface area contributed by atoms with Gasteiger partial charge in [0, 0.05) is 12.0 Å². The zero-order valence-corrected chi connectivity index (χ0v) is 12.9. The summed E-state index contributed by atoms with van der Waals surface area (Å²) in [6.45, 7) is 0. The Hall–Kier alpha value is -1.88. The average Bonchev–Trinajstić information content (AvgIpc) is 2.59. The Morgan fingerprint density at radius 3 is 2.23 bits per heavy atom. The predicted molar refractivity (Wildman–Crippen MR) is 88.2 cm³/mol. The first kappa shape index (κ1) is 15.0. The van der Waals surface area contributed by atoms with Crippen molar-refractivity contribution in [2.75, 3.05) is 7.11 Å². The summed E-state index contributed by atoms with van der Waals surface area (Å²) in [6.07, 6.45) is 0.252. The molecule has 4 heteroatoms. The van der Waals surface area contributed by atoms with Crippen LogP contribution in [0.4, 0.5) is 0 Å². The third-order valence-corrected chi connectivity index (χ3v) is 5.20. The van der Waals surface area contributed by atoms with Gasteiger partial charge in [0.05, 0.1) is 0 Å². The molecule has 3 rings (SSSR count). The van der Waals surface area contributed by atoms with E-state index in [0.717, 1.165) is 16.0 Å². The van der Waals surface area contributed by atoms with Crippen LogP contribution in [0.5, 0.6) is 0 Å². The summed E-state index contributed by atoms with van der Waals surface area (Å²) in [4.78, 5) is 12.0. The van der Waals surface area contributed by atoms with E-state index in [4.69, 9.17) is 4.74 Å². The Bertz CT molecular complexity index is 697. The van der Waals surface area contributed by atoms with Crippen LogP contribution in [0.15, 0.2) is 66.7 Å². The van der Waals surface area contributed by atoms with Gasteiger partial charge in [-0.05, 0) is 17.2 Å². The van der Waals surface area contributed by atoms with Crippen molar-refractivity contribution in [1.82, 2.24) is 0 Å². The average molecular weight is 312 g/mol. The van der Waals surface area contributed by atoms with Crippen molar-refractivity contribution < 1.29 is 14.6 Å². The minimum absolute atomic E-state index is 0.344. The summed E-state index contributed by atoms with van der Waals surface area (Å²) in [6, 6.07) is 19.0. The summed E-state index contributed by atoms with van der Waals surface area (Å²) in [5.41, 5.74) is 1.70. The van der Waals surface area contributed by atoms with E-state index in [1.54, 1.807) is 0 Å². The predicted octanol–water partition coefficient (Wildman–Crippen LogP) is 3.20. The van der Waals surface area contributed by atoms with E-state index in [9.17, 15) is 9.90 Å². The minimum atomic E-state index is -1.24. The monoisotopic (exact) mass is 312 g/mol. The van der Waals surface area contributed by atoms with Crippen molar-refractivity contribution in [1.29, 1.82) is 0 Å². The van der Waals surface area contributed by atoms with Gasteiger partial charge in [-0.1, -0.05) is 72.4 Å². The topological polar surface area (TPSA) is 46.5 Å². The van der Waals surface area contributed by atoms with Crippen LogP contribution in [0.1, 0.15) is 11.1 Å². The van der Waals surface area contributed by atoms with Gasteiger partial charge >= 0.3 is 0 Å². The Labute approximate surface area is 133 Å². The summed E-state index contributed by atoms with van der Waals surface area (Å²) in [5.74, 6) is -0.344. The molecule has 1 aliphatic heterocycles. The molecule has 0 aromatic heterocycles. The highest BCUT2D eigenvalue weighted by molar-refractivity contribution is 8.09. The highest BCUT2D eigenvalue weighted by Gasteiger charge is 2.48. The zero-order chi connectivity index (χ0) is 15.6. The molecule has 0 radical (unpaired) electrons. The second-order valence-electron chi connectivity index (χ2n) is 5.02. The normalized spacial score (nSPS) is 24.9. The van der Waals surface area contributed by atoms with Crippen LogP contribution >= 0.6 is 11.8 Å². The van der Waals surface area contributed by atoms with Crippen LogP contribution in [-0.4, -0.2) is 24.1 Å². The van der Waals surface area contributed by atoms with E-state index in [1.165, 1.54) is 24.9 Å². The molecule has 2 aromatic rings. The summed E-state index contributed by atoms with van der Waals surface area (Å²) in [5, 5.41) is 10.5. The van der Waals surface area contributed by atoms with Gasteiger partial charge in [0.15, 0.2) is 16.8 Å². The molecule has 0 spiro atoms. The number of aliphatic hydroxyl groups is 1. The van der Waals surface area contributed by atoms with Crippen molar-refractivity contribution in [3.63, 3.8) is 0 Å². The molecule has 0 amide bonds. The van der Waals surface area contributed by atoms with E-state index in [2.05, 4.69) is 0 Å². The first-order chi connectivity index (χ1) is 10.7. The van der Waals surface area contributed by atoms with Gasteiger partial charge in [-0.15, -0.1) is 0 Å². The quantitative estimate of drug-likeness (QED) is 0.945. The Morgan fingerprint density at radius 2 is 1.64 bits per heavy atom. The van der Waals surface area contributed by atoms with Crippen LogP contribution in [0.25, 0.3) is 4.91 Å². The Kier molecular flexibility index (Phi) is 4.16. The number of ketones is 1. The van der Waals surface area contributed by atoms with Crippen LogP contribution in [0, 0.1) is 0 Å². The molecule has 112 valence electrons. The minimum Gasteiger partial charge on any atom is -0.381 e. The van der Waals surface area contributed by atoms with Gasteiger partial charge in [-0.2, -0.15) is 0 Å². The van der Waals surface area contributed by atoms with E-state index >= 15 is 0 Å². The molecule has 1 N–H and O–H groups in total. The molecule has 2 unspecified atom stereocenters. The maximum absolute atomic E-state index is 12.3. The first-order valence-corrected chi connectivity index (χ1v) is 7.78. The van der Waals surface area contributed by atoms with Gasteiger partial charge in [0.1, 0.15) is 0 Å². The van der Waals surface area contributed by atoms with Crippen molar-refractivity contribution in [2.45, 2.75) is 11.0 Å².